The monoisotopic (exact) mass is 276 g/mol. The van der Waals surface area contributed by atoms with E-state index < -0.39 is 25.2 Å². The lowest BCUT2D eigenvalue weighted by Gasteiger charge is -2.23. The summed E-state index contributed by atoms with van der Waals surface area (Å²) in [6.45, 7) is -2.16. The Morgan fingerprint density at radius 2 is 2.16 bits per heavy atom. The van der Waals surface area contributed by atoms with Crippen LogP contribution in [0.3, 0.4) is 0 Å². The van der Waals surface area contributed by atoms with E-state index in [4.69, 9.17) is 5.11 Å². The lowest BCUT2D eigenvalue weighted by atomic mass is 10.3. The molecule has 1 aliphatic carbocycles. The van der Waals surface area contributed by atoms with E-state index >= 15 is 0 Å². The molecular formula is C12H15F3N2O2. The van der Waals surface area contributed by atoms with Gasteiger partial charge in [0.25, 0.3) is 5.91 Å². The number of aliphatic hydroxyl groups excluding tert-OH is 1. The second-order valence-electron chi connectivity index (χ2n) is 4.60. The van der Waals surface area contributed by atoms with Crippen LogP contribution in [-0.4, -0.2) is 46.4 Å². The van der Waals surface area contributed by atoms with E-state index in [0.717, 1.165) is 12.8 Å². The lowest BCUT2D eigenvalue weighted by Crippen LogP contribution is -2.41. The molecule has 1 aromatic rings. The van der Waals surface area contributed by atoms with Crippen molar-refractivity contribution in [3.05, 3.63) is 24.0 Å². The van der Waals surface area contributed by atoms with Gasteiger partial charge in [0.15, 0.2) is 0 Å². The molecule has 0 aromatic carbocycles. The Morgan fingerprint density at radius 3 is 2.68 bits per heavy atom. The number of rotatable bonds is 5. The van der Waals surface area contributed by atoms with Crippen molar-refractivity contribution >= 4 is 5.91 Å². The van der Waals surface area contributed by atoms with Gasteiger partial charge in [0.05, 0.1) is 6.61 Å². The zero-order valence-corrected chi connectivity index (χ0v) is 10.2. The summed E-state index contributed by atoms with van der Waals surface area (Å²) >= 11 is 0. The summed E-state index contributed by atoms with van der Waals surface area (Å²) in [7, 11) is 0. The van der Waals surface area contributed by atoms with E-state index in [1.807, 2.05) is 0 Å². The van der Waals surface area contributed by atoms with Crippen molar-refractivity contribution in [2.75, 3.05) is 19.7 Å². The number of nitrogens with zero attached hydrogens (tertiary/aromatic N) is 2. The summed E-state index contributed by atoms with van der Waals surface area (Å²) < 4.78 is 39.0. The second-order valence-corrected chi connectivity index (χ2v) is 4.60. The zero-order chi connectivity index (χ0) is 14.0. The van der Waals surface area contributed by atoms with Crippen molar-refractivity contribution < 1.29 is 23.1 Å². The highest BCUT2D eigenvalue weighted by Crippen LogP contribution is 2.36. The number of carbonyl (C=O) groups is 1. The molecule has 1 aromatic heterocycles. The van der Waals surface area contributed by atoms with Crippen molar-refractivity contribution in [2.24, 2.45) is 0 Å². The standard InChI is InChI=1S/C12H15F3N2O2/c13-12(14,15)8-16(6-7-18)11(19)10-2-1-5-17(10)9-3-4-9/h1-2,5,9,18H,3-4,6-8H2. The molecule has 0 bridgehead atoms. The van der Waals surface area contributed by atoms with Gasteiger partial charge in [-0.1, -0.05) is 0 Å². The first kappa shape index (κ1) is 13.9. The predicted octanol–water partition coefficient (Wildman–Crippen LogP) is 1.82. The van der Waals surface area contributed by atoms with Crippen LogP contribution in [0.1, 0.15) is 29.4 Å². The number of amides is 1. The Hall–Kier alpha value is -1.50. The first-order valence-corrected chi connectivity index (χ1v) is 6.06. The molecule has 1 N–H and O–H groups in total. The maximum atomic E-state index is 12.4. The Labute approximate surface area is 108 Å². The predicted molar refractivity (Wildman–Crippen MR) is 61.7 cm³/mol. The molecule has 0 radical (unpaired) electrons. The summed E-state index contributed by atoms with van der Waals surface area (Å²) in [5.41, 5.74) is 0.250. The molecule has 2 rings (SSSR count). The smallest absolute Gasteiger partial charge is 0.395 e. The van der Waals surface area contributed by atoms with E-state index in [1.165, 1.54) is 6.07 Å². The number of aromatic nitrogens is 1. The van der Waals surface area contributed by atoms with Crippen LogP contribution in [0.4, 0.5) is 13.2 Å². The van der Waals surface area contributed by atoms with Crippen LogP contribution in [-0.2, 0) is 0 Å². The van der Waals surface area contributed by atoms with Crippen LogP contribution in [0.2, 0.25) is 0 Å². The fraction of sp³-hybridized carbons (Fsp3) is 0.583. The third-order valence-electron chi connectivity index (χ3n) is 2.97. The summed E-state index contributed by atoms with van der Waals surface area (Å²) in [5.74, 6) is -0.691. The number of halogens is 3. The summed E-state index contributed by atoms with van der Waals surface area (Å²) in [6.07, 6.45) is -0.889. The number of aliphatic hydroxyl groups is 1. The molecule has 1 saturated carbocycles. The average molecular weight is 276 g/mol. The largest absolute Gasteiger partial charge is 0.406 e. The first-order chi connectivity index (χ1) is 8.92. The summed E-state index contributed by atoms with van der Waals surface area (Å²) in [6, 6.07) is 3.38. The molecule has 4 nitrogen and oxygen atoms in total. The van der Waals surface area contributed by atoms with E-state index in [9.17, 15) is 18.0 Å². The second kappa shape index (κ2) is 5.24. The molecule has 19 heavy (non-hydrogen) atoms. The molecule has 0 atom stereocenters. The molecule has 0 unspecified atom stereocenters. The topological polar surface area (TPSA) is 45.5 Å². The highest BCUT2D eigenvalue weighted by molar-refractivity contribution is 5.93. The van der Waals surface area contributed by atoms with Crippen molar-refractivity contribution in [3.8, 4) is 0 Å². The summed E-state index contributed by atoms with van der Waals surface area (Å²) in [4.78, 5) is 12.8. The molecule has 1 heterocycles. The minimum Gasteiger partial charge on any atom is -0.395 e. The van der Waals surface area contributed by atoms with Gasteiger partial charge in [0, 0.05) is 18.8 Å². The van der Waals surface area contributed by atoms with Crippen LogP contribution in [0.5, 0.6) is 0 Å². The van der Waals surface area contributed by atoms with Gasteiger partial charge in [-0.3, -0.25) is 4.79 Å². The Balaban J connectivity index is 2.16. The van der Waals surface area contributed by atoms with Crippen molar-refractivity contribution in [1.82, 2.24) is 9.47 Å². The minimum atomic E-state index is -4.47. The normalized spacial score (nSPS) is 15.6. The third-order valence-corrected chi connectivity index (χ3v) is 2.97. The highest BCUT2D eigenvalue weighted by Gasteiger charge is 2.35. The molecule has 0 saturated heterocycles. The SMILES string of the molecule is O=C(c1cccn1C1CC1)N(CCO)CC(F)(F)F. The van der Waals surface area contributed by atoms with Crippen LogP contribution in [0.25, 0.3) is 0 Å². The molecule has 1 fully saturated rings. The molecule has 106 valence electrons. The van der Waals surface area contributed by atoms with E-state index in [1.54, 1.807) is 16.8 Å². The van der Waals surface area contributed by atoms with E-state index in [0.29, 0.717) is 4.90 Å². The van der Waals surface area contributed by atoms with Gasteiger partial charge in [-0.15, -0.1) is 0 Å². The van der Waals surface area contributed by atoms with E-state index in [2.05, 4.69) is 0 Å². The van der Waals surface area contributed by atoms with Crippen LogP contribution < -0.4 is 0 Å². The Bertz CT molecular complexity index is 452. The van der Waals surface area contributed by atoms with Gasteiger partial charge in [-0.2, -0.15) is 13.2 Å². The molecule has 0 spiro atoms. The maximum absolute atomic E-state index is 12.4. The van der Waals surface area contributed by atoms with Gasteiger partial charge < -0.3 is 14.6 Å². The molecular weight excluding hydrogens is 261 g/mol. The fourth-order valence-electron chi connectivity index (χ4n) is 2.00. The average Bonchev–Trinajstić information content (AvgIpc) is 3.04. The Morgan fingerprint density at radius 1 is 1.47 bits per heavy atom. The Kier molecular flexibility index (Phi) is 3.84. The maximum Gasteiger partial charge on any atom is 0.406 e. The van der Waals surface area contributed by atoms with Gasteiger partial charge in [-0.05, 0) is 25.0 Å². The van der Waals surface area contributed by atoms with Crippen LogP contribution in [0, 0.1) is 0 Å². The number of carbonyl (C=O) groups excluding carboxylic acids is 1. The van der Waals surface area contributed by atoms with Crippen molar-refractivity contribution in [2.45, 2.75) is 25.1 Å². The third kappa shape index (κ3) is 3.50. The molecule has 1 amide bonds. The molecule has 0 aliphatic heterocycles. The van der Waals surface area contributed by atoms with Crippen molar-refractivity contribution in [1.29, 1.82) is 0 Å². The van der Waals surface area contributed by atoms with Crippen LogP contribution >= 0.6 is 0 Å². The van der Waals surface area contributed by atoms with Crippen molar-refractivity contribution in [3.63, 3.8) is 0 Å². The van der Waals surface area contributed by atoms with Gasteiger partial charge in [0.2, 0.25) is 0 Å². The lowest BCUT2D eigenvalue weighted by molar-refractivity contribution is -0.141. The fourth-order valence-corrected chi connectivity index (χ4v) is 2.00. The quantitative estimate of drug-likeness (QED) is 0.891. The number of hydrogen-bond acceptors (Lipinski definition) is 2. The van der Waals surface area contributed by atoms with Crippen LogP contribution in [0.15, 0.2) is 18.3 Å². The number of hydrogen-bond donors (Lipinski definition) is 1. The highest BCUT2D eigenvalue weighted by atomic mass is 19.4. The first-order valence-electron chi connectivity index (χ1n) is 6.06. The minimum absolute atomic E-state index is 0.218. The molecule has 1 aliphatic rings. The molecule has 7 heteroatoms. The van der Waals surface area contributed by atoms with Gasteiger partial charge in [-0.25, -0.2) is 0 Å². The van der Waals surface area contributed by atoms with Gasteiger partial charge in [0.1, 0.15) is 12.2 Å². The zero-order valence-electron chi connectivity index (χ0n) is 10.2. The number of alkyl halides is 3. The van der Waals surface area contributed by atoms with E-state index in [-0.39, 0.29) is 18.3 Å². The summed E-state index contributed by atoms with van der Waals surface area (Å²) in [5, 5.41) is 8.80. The van der Waals surface area contributed by atoms with Gasteiger partial charge >= 0.3 is 6.18 Å².